The van der Waals surface area contributed by atoms with E-state index in [0.29, 0.717) is 5.92 Å². The molecule has 1 nitrogen and oxygen atoms in total. The van der Waals surface area contributed by atoms with Crippen molar-refractivity contribution in [1.82, 2.24) is 0 Å². The van der Waals surface area contributed by atoms with Crippen LogP contribution in [0.1, 0.15) is 66.2 Å². The molecule has 1 heteroatoms. The second-order valence-corrected chi connectivity index (χ2v) is 6.13. The lowest BCUT2D eigenvalue weighted by atomic mass is 9.73. The molecule has 1 N–H and O–H groups in total. The Kier molecular flexibility index (Phi) is 5.04. The molecule has 0 aliphatic heterocycles. The van der Waals surface area contributed by atoms with Crippen molar-refractivity contribution in [3.63, 3.8) is 0 Å². The van der Waals surface area contributed by atoms with Crippen LogP contribution in [0.25, 0.3) is 0 Å². The molecule has 1 fully saturated rings. The summed E-state index contributed by atoms with van der Waals surface area (Å²) < 4.78 is 0. The molecule has 94 valence electrons. The Morgan fingerprint density at radius 1 is 1.25 bits per heavy atom. The summed E-state index contributed by atoms with van der Waals surface area (Å²) in [6.07, 6.45) is 9.18. The first kappa shape index (κ1) is 13.8. The van der Waals surface area contributed by atoms with Crippen LogP contribution in [-0.4, -0.2) is 10.7 Å². The van der Waals surface area contributed by atoms with Crippen LogP contribution in [0.3, 0.4) is 0 Å². The third kappa shape index (κ3) is 4.29. The van der Waals surface area contributed by atoms with E-state index in [1.54, 1.807) is 0 Å². The fourth-order valence-electron chi connectivity index (χ4n) is 2.74. The molecule has 1 atom stereocenters. The third-order valence-corrected chi connectivity index (χ3v) is 4.10. The van der Waals surface area contributed by atoms with Gasteiger partial charge in [-0.25, -0.2) is 0 Å². The predicted octanol–water partition coefficient (Wildman–Crippen LogP) is 4.31. The largest absolute Gasteiger partial charge is 0.390 e. The molecule has 1 aliphatic carbocycles. The molecule has 16 heavy (non-hydrogen) atoms. The van der Waals surface area contributed by atoms with Gasteiger partial charge in [0.25, 0.3) is 0 Å². The molecule has 1 rings (SSSR count). The van der Waals surface area contributed by atoms with E-state index >= 15 is 0 Å². The van der Waals surface area contributed by atoms with Gasteiger partial charge in [-0.2, -0.15) is 0 Å². The monoisotopic (exact) mass is 224 g/mol. The van der Waals surface area contributed by atoms with Crippen LogP contribution < -0.4 is 0 Å². The standard InChI is InChI=1S/C15H28O/c1-12(2)6-5-11-15(4,16)14-9-7-13(3)8-10-14/h6,13-14,16H,5,7-11H2,1-4H3/t13?,14?,15-/m0/s1. The molecule has 0 saturated heterocycles. The molecule has 0 aromatic carbocycles. The minimum Gasteiger partial charge on any atom is -0.390 e. The van der Waals surface area contributed by atoms with Gasteiger partial charge in [0.05, 0.1) is 5.60 Å². The fourth-order valence-corrected chi connectivity index (χ4v) is 2.74. The zero-order chi connectivity index (χ0) is 12.2. The van der Waals surface area contributed by atoms with E-state index in [9.17, 15) is 5.11 Å². The average Bonchev–Trinajstić information content (AvgIpc) is 2.17. The van der Waals surface area contributed by atoms with Crippen LogP contribution in [-0.2, 0) is 0 Å². The molecular formula is C15H28O. The molecule has 0 aromatic heterocycles. The van der Waals surface area contributed by atoms with Gasteiger partial charge in [-0.3, -0.25) is 0 Å². The highest BCUT2D eigenvalue weighted by Gasteiger charge is 2.33. The van der Waals surface area contributed by atoms with E-state index in [1.807, 2.05) is 6.92 Å². The van der Waals surface area contributed by atoms with Crippen molar-refractivity contribution in [2.45, 2.75) is 71.8 Å². The average molecular weight is 224 g/mol. The van der Waals surface area contributed by atoms with E-state index in [1.165, 1.54) is 31.3 Å². The van der Waals surface area contributed by atoms with Crippen molar-refractivity contribution in [3.05, 3.63) is 11.6 Å². The smallest absolute Gasteiger partial charge is 0.0650 e. The van der Waals surface area contributed by atoms with Gasteiger partial charge in [-0.1, -0.05) is 31.4 Å². The summed E-state index contributed by atoms with van der Waals surface area (Å²) in [6, 6.07) is 0. The highest BCUT2D eigenvalue weighted by molar-refractivity contribution is 4.95. The summed E-state index contributed by atoms with van der Waals surface area (Å²) >= 11 is 0. The van der Waals surface area contributed by atoms with E-state index in [4.69, 9.17) is 0 Å². The number of hydrogen-bond acceptors (Lipinski definition) is 1. The van der Waals surface area contributed by atoms with Gasteiger partial charge in [-0.15, -0.1) is 0 Å². The van der Waals surface area contributed by atoms with Crippen molar-refractivity contribution < 1.29 is 5.11 Å². The number of rotatable bonds is 4. The molecule has 0 unspecified atom stereocenters. The zero-order valence-corrected chi connectivity index (χ0v) is 11.4. The molecule has 0 bridgehead atoms. The number of hydrogen-bond donors (Lipinski definition) is 1. The first-order valence-electron chi connectivity index (χ1n) is 6.77. The van der Waals surface area contributed by atoms with Crippen molar-refractivity contribution in [2.75, 3.05) is 0 Å². The van der Waals surface area contributed by atoms with Crippen LogP contribution in [0.4, 0.5) is 0 Å². The fraction of sp³-hybridized carbons (Fsp3) is 0.867. The predicted molar refractivity (Wildman–Crippen MR) is 70.4 cm³/mol. The maximum absolute atomic E-state index is 10.5. The van der Waals surface area contributed by atoms with E-state index in [0.717, 1.165) is 18.8 Å². The van der Waals surface area contributed by atoms with Crippen molar-refractivity contribution in [1.29, 1.82) is 0 Å². The maximum atomic E-state index is 10.5. The van der Waals surface area contributed by atoms with E-state index < -0.39 is 5.60 Å². The van der Waals surface area contributed by atoms with Crippen LogP contribution in [0.2, 0.25) is 0 Å². The quantitative estimate of drug-likeness (QED) is 0.705. The molecule has 0 spiro atoms. The first-order valence-corrected chi connectivity index (χ1v) is 6.77. The normalized spacial score (nSPS) is 29.6. The van der Waals surface area contributed by atoms with Crippen molar-refractivity contribution in [2.24, 2.45) is 11.8 Å². The molecule has 0 aromatic rings. The Hall–Kier alpha value is -0.300. The molecule has 0 heterocycles. The molecule has 1 aliphatic rings. The van der Waals surface area contributed by atoms with Gasteiger partial charge in [0.1, 0.15) is 0 Å². The summed E-state index contributed by atoms with van der Waals surface area (Å²) in [6.45, 7) is 8.61. The summed E-state index contributed by atoms with van der Waals surface area (Å²) in [5, 5.41) is 10.5. The lowest BCUT2D eigenvalue weighted by Crippen LogP contribution is -2.36. The number of allylic oxidation sites excluding steroid dienone is 2. The summed E-state index contributed by atoms with van der Waals surface area (Å²) in [5.74, 6) is 1.39. The SMILES string of the molecule is CC(C)=CCC[C@](C)(O)C1CCC(C)CC1. The molecule has 1 saturated carbocycles. The van der Waals surface area contributed by atoms with Gasteiger partial charge in [0.2, 0.25) is 0 Å². The third-order valence-electron chi connectivity index (χ3n) is 4.10. The minimum atomic E-state index is -0.452. The van der Waals surface area contributed by atoms with Crippen LogP contribution >= 0.6 is 0 Å². The summed E-state index contributed by atoms with van der Waals surface area (Å²) in [5.41, 5.74) is 0.902. The van der Waals surface area contributed by atoms with Crippen LogP contribution in [0, 0.1) is 11.8 Å². The summed E-state index contributed by atoms with van der Waals surface area (Å²) in [4.78, 5) is 0. The minimum absolute atomic E-state index is 0.452. The lowest BCUT2D eigenvalue weighted by molar-refractivity contribution is -0.0274. The Balaban J connectivity index is 2.40. The zero-order valence-electron chi connectivity index (χ0n) is 11.4. The Morgan fingerprint density at radius 2 is 1.81 bits per heavy atom. The topological polar surface area (TPSA) is 20.2 Å². The van der Waals surface area contributed by atoms with Gasteiger partial charge in [-0.05, 0) is 58.3 Å². The van der Waals surface area contributed by atoms with Gasteiger partial charge in [0.15, 0.2) is 0 Å². The van der Waals surface area contributed by atoms with Crippen molar-refractivity contribution >= 4 is 0 Å². The van der Waals surface area contributed by atoms with Gasteiger partial charge in [0, 0.05) is 0 Å². The second-order valence-electron chi connectivity index (χ2n) is 6.13. The second kappa shape index (κ2) is 5.86. The maximum Gasteiger partial charge on any atom is 0.0650 e. The molecular weight excluding hydrogens is 196 g/mol. The highest BCUT2D eigenvalue weighted by Crippen LogP contribution is 2.37. The molecule has 0 amide bonds. The summed E-state index contributed by atoms with van der Waals surface area (Å²) in [7, 11) is 0. The Morgan fingerprint density at radius 3 is 2.31 bits per heavy atom. The van der Waals surface area contributed by atoms with E-state index in [2.05, 4.69) is 26.8 Å². The Labute approximate surface area is 101 Å². The number of aliphatic hydroxyl groups is 1. The van der Waals surface area contributed by atoms with Gasteiger partial charge < -0.3 is 5.11 Å². The van der Waals surface area contributed by atoms with Gasteiger partial charge >= 0.3 is 0 Å². The van der Waals surface area contributed by atoms with Crippen LogP contribution in [0.5, 0.6) is 0 Å². The molecule has 0 radical (unpaired) electrons. The highest BCUT2D eigenvalue weighted by atomic mass is 16.3. The lowest BCUT2D eigenvalue weighted by Gasteiger charge is -2.37. The van der Waals surface area contributed by atoms with Crippen LogP contribution in [0.15, 0.2) is 11.6 Å². The Bertz CT molecular complexity index is 228. The van der Waals surface area contributed by atoms with Crippen molar-refractivity contribution in [3.8, 4) is 0 Å². The first-order chi connectivity index (χ1) is 7.42. The van der Waals surface area contributed by atoms with E-state index in [-0.39, 0.29) is 0 Å².